The first-order valence-electron chi connectivity index (χ1n) is 10.3. The van der Waals surface area contributed by atoms with Crippen molar-refractivity contribution in [2.45, 2.75) is 12.3 Å². The molecule has 0 aliphatic carbocycles. The van der Waals surface area contributed by atoms with Gasteiger partial charge >= 0.3 is 0 Å². The van der Waals surface area contributed by atoms with E-state index < -0.39 is 0 Å². The van der Waals surface area contributed by atoms with Crippen molar-refractivity contribution in [2.75, 3.05) is 46.0 Å². The summed E-state index contributed by atoms with van der Waals surface area (Å²) in [6.45, 7) is 2.48. The molecule has 3 N–H and O–H groups in total. The number of nitrogens with one attached hydrogen (secondary N) is 1. The second kappa shape index (κ2) is 8.99. The van der Waals surface area contributed by atoms with E-state index in [2.05, 4.69) is 15.3 Å². The first-order chi connectivity index (χ1) is 15.0. The van der Waals surface area contributed by atoms with E-state index in [4.69, 9.17) is 5.73 Å². The van der Waals surface area contributed by atoms with Crippen LogP contribution in [-0.4, -0.2) is 71.9 Å². The Morgan fingerprint density at radius 1 is 1.26 bits per heavy atom. The summed E-state index contributed by atoms with van der Waals surface area (Å²) in [5.74, 6) is 0.0976. The van der Waals surface area contributed by atoms with Crippen molar-refractivity contribution in [1.82, 2.24) is 25.1 Å². The topological polar surface area (TPSA) is 104 Å². The maximum absolute atomic E-state index is 13.0. The number of likely N-dealkylation sites (tertiary alicyclic amines) is 1. The van der Waals surface area contributed by atoms with Crippen LogP contribution >= 0.6 is 11.3 Å². The average Bonchev–Trinajstić information content (AvgIpc) is 3.38. The Kier molecular flexibility index (Phi) is 6.15. The number of hydrogen-bond acceptors (Lipinski definition) is 7. The van der Waals surface area contributed by atoms with Gasteiger partial charge in [-0.05, 0) is 44.3 Å². The SMILES string of the molecule is CN(C)CCNC(=O)c1sc2ncccc2c1[C@@H]1CCN(C(=O)c2cccnc2N)C1. The van der Waals surface area contributed by atoms with E-state index in [1.54, 1.807) is 29.4 Å². The molecule has 1 aliphatic rings. The summed E-state index contributed by atoms with van der Waals surface area (Å²) in [6.07, 6.45) is 4.10. The Morgan fingerprint density at radius 3 is 2.81 bits per heavy atom. The molecular formula is C22H26N6O2S. The quantitative estimate of drug-likeness (QED) is 0.611. The van der Waals surface area contributed by atoms with Gasteiger partial charge in [-0.3, -0.25) is 9.59 Å². The number of amides is 2. The highest BCUT2D eigenvalue weighted by Gasteiger charge is 2.33. The highest BCUT2D eigenvalue weighted by molar-refractivity contribution is 7.20. The van der Waals surface area contributed by atoms with Crippen molar-refractivity contribution in [3.63, 3.8) is 0 Å². The van der Waals surface area contributed by atoms with Crippen LogP contribution in [0.1, 0.15) is 37.9 Å². The van der Waals surface area contributed by atoms with Gasteiger partial charge in [0.05, 0.1) is 10.4 Å². The first kappa shape index (κ1) is 21.2. The largest absolute Gasteiger partial charge is 0.383 e. The minimum Gasteiger partial charge on any atom is -0.383 e. The summed E-state index contributed by atoms with van der Waals surface area (Å²) in [6, 6.07) is 7.31. The number of nitrogens with zero attached hydrogens (tertiary/aromatic N) is 4. The Labute approximate surface area is 185 Å². The van der Waals surface area contributed by atoms with E-state index in [-0.39, 0.29) is 23.6 Å². The monoisotopic (exact) mass is 438 g/mol. The van der Waals surface area contributed by atoms with E-state index in [1.165, 1.54) is 11.3 Å². The third-order valence-electron chi connectivity index (χ3n) is 5.51. The second-order valence-corrected chi connectivity index (χ2v) is 8.93. The van der Waals surface area contributed by atoms with Crippen molar-refractivity contribution < 1.29 is 9.59 Å². The van der Waals surface area contributed by atoms with E-state index in [9.17, 15) is 9.59 Å². The molecule has 9 heteroatoms. The van der Waals surface area contributed by atoms with Gasteiger partial charge in [-0.25, -0.2) is 9.97 Å². The summed E-state index contributed by atoms with van der Waals surface area (Å²) in [7, 11) is 3.94. The molecule has 0 spiro atoms. The van der Waals surface area contributed by atoms with Gasteiger partial charge in [0.1, 0.15) is 10.6 Å². The number of aromatic nitrogens is 2. The Balaban J connectivity index is 1.59. The predicted octanol–water partition coefficient (Wildman–Crippen LogP) is 2.19. The van der Waals surface area contributed by atoms with Crippen LogP contribution in [0.15, 0.2) is 36.7 Å². The summed E-state index contributed by atoms with van der Waals surface area (Å²) in [5, 5.41) is 4.01. The minimum atomic E-state index is -0.122. The van der Waals surface area contributed by atoms with Crippen LogP contribution in [0.2, 0.25) is 0 Å². The first-order valence-corrected chi connectivity index (χ1v) is 11.1. The Morgan fingerprint density at radius 2 is 2.03 bits per heavy atom. The lowest BCUT2D eigenvalue weighted by Gasteiger charge is -2.18. The third kappa shape index (κ3) is 4.38. The van der Waals surface area contributed by atoms with E-state index in [0.717, 1.165) is 28.7 Å². The lowest BCUT2D eigenvalue weighted by molar-refractivity contribution is 0.0791. The van der Waals surface area contributed by atoms with Gasteiger partial charge in [0, 0.05) is 49.9 Å². The Hall–Kier alpha value is -3.04. The van der Waals surface area contributed by atoms with Gasteiger partial charge in [0.15, 0.2) is 0 Å². The molecule has 0 unspecified atom stereocenters. The summed E-state index contributed by atoms with van der Waals surface area (Å²) < 4.78 is 0. The number of anilines is 1. The molecular weight excluding hydrogens is 412 g/mol. The van der Waals surface area contributed by atoms with Crippen molar-refractivity contribution in [3.8, 4) is 0 Å². The number of thiophene rings is 1. The molecule has 1 aliphatic heterocycles. The zero-order valence-electron chi connectivity index (χ0n) is 17.7. The van der Waals surface area contributed by atoms with Gasteiger partial charge in [-0.15, -0.1) is 11.3 Å². The molecule has 162 valence electrons. The average molecular weight is 439 g/mol. The fraction of sp³-hybridized carbons (Fsp3) is 0.364. The molecule has 0 bridgehead atoms. The number of pyridine rings is 2. The van der Waals surface area contributed by atoms with E-state index >= 15 is 0 Å². The number of nitrogens with two attached hydrogens (primary N) is 1. The van der Waals surface area contributed by atoms with Crippen LogP contribution in [-0.2, 0) is 0 Å². The summed E-state index contributed by atoms with van der Waals surface area (Å²) >= 11 is 1.42. The normalized spacial score (nSPS) is 16.2. The second-order valence-electron chi connectivity index (χ2n) is 7.93. The van der Waals surface area contributed by atoms with E-state index in [1.807, 2.05) is 31.1 Å². The maximum atomic E-state index is 13.0. The molecule has 31 heavy (non-hydrogen) atoms. The maximum Gasteiger partial charge on any atom is 0.261 e. The molecule has 3 aromatic heterocycles. The molecule has 0 radical (unpaired) electrons. The number of likely N-dealkylation sites (N-methyl/N-ethyl adjacent to an activating group) is 1. The number of nitrogen functional groups attached to an aromatic ring is 1. The molecule has 3 aromatic rings. The Bertz CT molecular complexity index is 1110. The third-order valence-corrected chi connectivity index (χ3v) is 6.64. The van der Waals surface area contributed by atoms with Crippen LogP contribution in [0.25, 0.3) is 10.2 Å². The van der Waals surface area contributed by atoms with Crippen molar-refractivity contribution in [3.05, 3.63) is 52.7 Å². The molecule has 0 aromatic carbocycles. The van der Waals surface area contributed by atoms with Crippen LogP contribution in [0.3, 0.4) is 0 Å². The zero-order chi connectivity index (χ0) is 22.0. The molecule has 1 atom stereocenters. The lowest BCUT2D eigenvalue weighted by atomic mass is 9.95. The molecule has 4 heterocycles. The van der Waals surface area contributed by atoms with Crippen molar-refractivity contribution in [1.29, 1.82) is 0 Å². The summed E-state index contributed by atoms with van der Waals surface area (Å²) in [5.41, 5.74) is 7.31. The molecule has 0 saturated carbocycles. The fourth-order valence-corrected chi connectivity index (χ4v) is 5.09. The predicted molar refractivity (Wildman–Crippen MR) is 122 cm³/mol. The molecule has 4 rings (SSSR count). The van der Waals surface area contributed by atoms with Crippen molar-refractivity contribution >= 4 is 39.2 Å². The highest BCUT2D eigenvalue weighted by atomic mass is 32.1. The molecule has 8 nitrogen and oxygen atoms in total. The lowest BCUT2D eigenvalue weighted by Crippen LogP contribution is -2.32. The smallest absolute Gasteiger partial charge is 0.261 e. The number of carbonyl (C=O) groups is 2. The molecule has 2 amide bonds. The zero-order valence-corrected chi connectivity index (χ0v) is 18.5. The number of hydrogen-bond donors (Lipinski definition) is 2. The van der Waals surface area contributed by atoms with Gasteiger partial charge in [-0.2, -0.15) is 0 Å². The molecule has 1 saturated heterocycles. The molecule has 1 fully saturated rings. The number of carbonyl (C=O) groups excluding carboxylic acids is 2. The standard InChI is InChI=1S/C22H26N6O2S/c1-27(2)12-10-25-20(29)18-17(15-5-3-9-26-21(15)31-18)14-7-11-28(13-14)22(30)16-6-4-8-24-19(16)23/h3-6,8-9,14H,7,10-13H2,1-2H3,(H2,23,24)(H,25,29)/t14-/m1/s1. The van der Waals surface area contributed by atoms with Gasteiger partial charge in [0.2, 0.25) is 0 Å². The van der Waals surface area contributed by atoms with Crippen LogP contribution < -0.4 is 11.1 Å². The van der Waals surface area contributed by atoms with Gasteiger partial charge < -0.3 is 20.9 Å². The van der Waals surface area contributed by atoms with Crippen molar-refractivity contribution in [2.24, 2.45) is 0 Å². The number of rotatable bonds is 6. The van der Waals surface area contributed by atoms with Crippen LogP contribution in [0, 0.1) is 0 Å². The summed E-state index contributed by atoms with van der Waals surface area (Å²) in [4.78, 5) is 39.8. The minimum absolute atomic E-state index is 0.0643. The van der Waals surface area contributed by atoms with E-state index in [0.29, 0.717) is 30.1 Å². The van der Waals surface area contributed by atoms with Crippen LogP contribution in [0.5, 0.6) is 0 Å². The van der Waals surface area contributed by atoms with Gasteiger partial charge in [0.25, 0.3) is 11.8 Å². The number of fused-ring (bicyclic) bond motifs is 1. The highest BCUT2D eigenvalue weighted by Crippen LogP contribution is 2.39. The van der Waals surface area contributed by atoms with Crippen LogP contribution in [0.4, 0.5) is 5.82 Å². The van der Waals surface area contributed by atoms with Gasteiger partial charge in [-0.1, -0.05) is 6.07 Å². The fourth-order valence-electron chi connectivity index (χ4n) is 3.95.